The molecule has 0 aliphatic heterocycles. The van der Waals surface area contributed by atoms with Crippen LogP contribution in [-0.2, 0) is 6.54 Å². The van der Waals surface area contributed by atoms with Crippen LogP contribution in [0.4, 0.5) is 17.2 Å². The van der Waals surface area contributed by atoms with Crippen LogP contribution in [0.15, 0.2) is 61.2 Å². The molecule has 3 heterocycles. The predicted molar refractivity (Wildman–Crippen MR) is 116 cm³/mol. The Kier molecular flexibility index (Phi) is 5.43. The third-order valence-corrected chi connectivity index (χ3v) is 5.00. The SMILES string of the molecule is N#Cc1cnc2cnc(NCc3cccnc3)cc2c1Nc1ccc(Cl)c(Cl)c1. The molecule has 8 heteroatoms. The van der Waals surface area contributed by atoms with Crippen molar-refractivity contribution in [3.63, 3.8) is 0 Å². The van der Waals surface area contributed by atoms with Crippen LogP contribution in [0.5, 0.6) is 0 Å². The highest BCUT2D eigenvalue weighted by Crippen LogP contribution is 2.32. The van der Waals surface area contributed by atoms with Crippen molar-refractivity contribution < 1.29 is 0 Å². The first kappa shape index (κ1) is 18.9. The van der Waals surface area contributed by atoms with Gasteiger partial charge < -0.3 is 10.6 Å². The fraction of sp³-hybridized carbons (Fsp3) is 0.0476. The topological polar surface area (TPSA) is 86.5 Å². The van der Waals surface area contributed by atoms with Crippen molar-refractivity contribution in [3.05, 3.63) is 82.4 Å². The summed E-state index contributed by atoms with van der Waals surface area (Å²) in [5.74, 6) is 0.662. The molecule has 0 unspecified atom stereocenters. The monoisotopic (exact) mass is 420 g/mol. The molecule has 0 radical (unpaired) electrons. The molecule has 142 valence electrons. The molecule has 0 aliphatic rings. The van der Waals surface area contributed by atoms with Gasteiger partial charge in [-0.25, -0.2) is 4.98 Å². The van der Waals surface area contributed by atoms with Gasteiger partial charge in [-0.3, -0.25) is 9.97 Å². The molecular formula is C21H14Cl2N6. The van der Waals surface area contributed by atoms with Crippen LogP contribution in [0.1, 0.15) is 11.1 Å². The molecule has 6 nitrogen and oxygen atoms in total. The van der Waals surface area contributed by atoms with E-state index in [1.54, 1.807) is 36.8 Å². The van der Waals surface area contributed by atoms with E-state index >= 15 is 0 Å². The summed E-state index contributed by atoms with van der Waals surface area (Å²) in [6, 6.07) is 13.1. The van der Waals surface area contributed by atoms with Gasteiger partial charge in [-0.15, -0.1) is 0 Å². The lowest BCUT2D eigenvalue weighted by atomic mass is 10.1. The minimum absolute atomic E-state index is 0.410. The third-order valence-electron chi connectivity index (χ3n) is 4.26. The minimum atomic E-state index is 0.410. The van der Waals surface area contributed by atoms with Gasteiger partial charge >= 0.3 is 0 Å². The summed E-state index contributed by atoms with van der Waals surface area (Å²) in [6.07, 6.45) is 6.71. The smallest absolute Gasteiger partial charge is 0.126 e. The van der Waals surface area contributed by atoms with Gasteiger partial charge in [0.05, 0.1) is 33.0 Å². The van der Waals surface area contributed by atoms with E-state index in [0.717, 1.165) is 10.9 Å². The summed E-state index contributed by atoms with van der Waals surface area (Å²) in [4.78, 5) is 12.9. The zero-order chi connectivity index (χ0) is 20.2. The highest BCUT2D eigenvalue weighted by molar-refractivity contribution is 6.42. The van der Waals surface area contributed by atoms with Gasteiger partial charge in [0.15, 0.2) is 0 Å². The highest BCUT2D eigenvalue weighted by Gasteiger charge is 2.12. The Balaban J connectivity index is 1.71. The van der Waals surface area contributed by atoms with Crippen LogP contribution in [0.3, 0.4) is 0 Å². The van der Waals surface area contributed by atoms with Gasteiger partial charge in [-0.05, 0) is 35.9 Å². The summed E-state index contributed by atoms with van der Waals surface area (Å²) >= 11 is 12.1. The molecular weight excluding hydrogens is 407 g/mol. The van der Waals surface area contributed by atoms with Crippen molar-refractivity contribution in [3.8, 4) is 6.07 Å². The van der Waals surface area contributed by atoms with Crippen LogP contribution in [0.2, 0.25) is 10.0 Å². The average molecular weight is 421 g/mol. The molecule has 0 fully saturated rings. The fourth-order valence-electron chi connectivity index (χ4n) is 2.82. The molecule has 0 amide bonds. The number of hydrogen-bond acceptors (Lipinski definition) is 6. The number of anilines is 3. The maximum absolute atomic E-state index is 9.56. The largest absolute Gasteiger partial charge is 0.366 e. The molecule has 29 heavy (non-hydrogen) atoms. The van der Waals surface area contributed by atoms with Crippen LogP contribution < -0.4 is 10.6 Å². The van der Waals surface area contributed by atoms with E-state index < -0.39 is 0 Å². The van der Waals surface area contributed by atoms with E-state index in [-0.39, 0.29) is 0 Å². The molecule has 0 atom stereocenters. The first-order chi connectivity index (χ1) is 14.1. The molecule has 2 N–H and O–H groups in total. The quantitative estimate of drug-likeness (QED) is 0.439. The molecule has 3 aromatic heterocycles. The number of rotatable bonds is 5. The average Bonchev–Trinajstić information content (AvgIpc) is 2.76. The van der Waals surface area contributed by atoms with E-state index in [4.69, 9.17) is 23.2 Å². The van der Waals surface area contributed by atoms with Crippen LogP contribution in [0, 0.1) is 11.3 Å². The van der Waals surface area contributed by atoms with Crippen molar-refractivity contribution in [2.75, 3.05) is 10.6 Å². The lowest BCUT2D eigenvalue weighted by molar-refractivity contribution is 1.09. The summed E-state index contributed by atoms with van der Waals surface area (Å²) in [5, 5.41) is 17.7. The molecule has 0 bridgehead atoms. The maximum Gasteiger partial charge on any atom is 0.126 e. The number of nitrogens with zero attached hydrogens (tertiary/aromatic N) is 4. The van der Waals surface area contributed by atoms with E-state index in [1.807, 2.05) is 18.2 Å². The highest BCUT2D eigenvalue weighted by atomic mass is 35.5. The zero-order valence-electron chi connectivity index (χ0n) is 15.0. The number of halogens is 2. The molecule has 0 spiro atoms. The van der Waals surface area contributed by atoms with E-state index in [0.29, 0.717) is 44.9 Å². The number of fused-ring (bicyclic) bond motifs is 1. The van der Waals surface area contributed by atoms with Crippen LogP contribution in [-0.4, -0.2) is 15.0 Å². The Morgan fingerprint density at radius 3 is 2.66 bits per heavy atom. The van der Waals surface area contributed by atoms with Gasteiger partial charge in [-0.2, -0.15) is 5.26 Å². The number of hydrogen-bond donors (Lipinski definition) is 2. The van der Waals surface area contributed by atoms with Gasteiger partial charge in [0, 0.05) is 36.2 Å². The first-order valence-electron chi connectivity index (χ1n) is 8.68. The van der Waals surface area contributed by atoms with Crippen molar-refractivity contribution in [1.82, 2.24) is 15.0 Å². The van der Waals surface area contributed by atoms with E-state index in [9.17, 15) is 5.26 Å². The lowest BCUT2D eigenvalue weighted by Gasteiger charge is -2.13. The second-order valence-corrected chi connectivity index (χ2v) is 7.03. The Bertz CT molecular complexity index is 1220. The van der Waals surface area contributed by atoms with Crippen molar-refractivity contribution in [2.24, 2.45) is 0 Å². The first-order valence-corrected chi connectivity index (χ1v) is 9.43. The van der Waals surface area contributed by atoms with Gasteiger partial charge in [0.25, 0.3) is 0 Å². The normalized spacial score (nSPS) is 10.5. The number of aromatic nitrogens is 3. The molecule has 0 saturated carbocycles. The van der Waals surface area contributed by atoms with Gasteiger partial charge in [0.2, 0.25) is 0 Å². The van der Waals surface area contributed by atoms with Crippen LogP contribution in [0.25, 0.3) is 10.9 Å². The number of nitriles is 1. The van der Waals surface area contributed by atoms with Gasteiger partial charge in [-0.1, -0.05) is 29.3 Å². The summed E-state index contributed by atoms with van der Waals surface area (Å²) in [6.45, 7) is 0.577. The van der Waals surface area contributed by atoms with Gasteiger partial charge in [0.1, 0.15) is 11.9 Å². The molecule has 0 aliphatic carbocycles. The van der Waals surface area contributed by atoms with Crippen molar-refractivity contribution in [1.29, 1.82) is 5.26 Å². The molecule has 1 aromatic carbocycles. The second kappa shape index (κ2) is 8.31. The van der Waals surface area contributed by atoms with Crippen molar-refractivity contribution >= 4 is 51.3 Å². The second-order valence-electron chi connectivity index (χ2n) is 6.21. The van der Waals surface area contributed by atoms with Crippen molar-refractivity contribution in [2.45, 2.75) is 6.54 Å². The van der Waals surface area contributed by atoms with E-state index in [1.165, 1.54) is 6.20 Å². The zero-order valence-corrected chi connectivity index (χ0v) is 16.5. The fourth-order valence-corrected chi connectivity index (χ4v) is 3.12. The minimum Gasteiger partial charge on any atom is -0.366 e. The number of pyridine rings is 3. The number of benzene rings is 1. The Hall–Kier alpha value is -3.40. The Morgan fingerprint density at radius 1 is 1.00 bits per heavy atom. The maximum atomic E-state index is 9.56. The molecule has 0 saturated heterocycles. The van der Waals surface area contributed by atoms with E-state index in [2.05, 4.69) is 31.7 Å². The Morgan fingerprint density at radius 2 is 1.90 bits per heavy atom. The number of nitrogens with one attached hydrogen (secondary N) is 2. The summed E-state index contributed by atoms with van der Waals surface area (Å²) < 4.78 is 0. The van der Waals surface area contributed by atoms with Crippen LogP contribution >= 0.6 is 23.2 Å². The summed E-state index contributed by atoms with van der Waals surface area (Å²) in [5.41, 5.74) is 3.45. The summed E-state index contributed by atoms with van der Waals surface area (Å²) in [7, 11) is 0. The standard InChI is InChI=1S/C21H14Cl2N6/c22-17-4-3-15(6-18(17)23)29-21-14(8-24)11-26-19-12-28-20(7-16(19)21)27-10-13-2-1-5-25-9-13/h1-7,9,11-12H,10H2,(H,26,29)(H,27,28). The lowest BCUT2D eigenvalue weighted by Crippen LogP contribution is -2.03. The Labute approximate surface area is 177 Å². The molecule has 4 rings (SSSR count). The third kappa shape index (κ3) is 4.21. The molecule has 4 aromatic rings. The predicted octanol–water partition coefficient (Wildman–Crippen LogP) is 5.56.